The first kappa shape index (κ1) is 12.4. The summed E-state index contributed by atoms with van der Waals surface area (Å²) in [5, 5.41) is 3.41. The second-order valence-corrected chi connectivity index (χ2v) is 5.30. The number of hydrogen-bond donors (Lipinski definition) is 1. The summed E-state index contributed by atoms with van der Waals surface area (Å²) in [7, 11) is 1.80. The Morgan fingerprint density at radius 3 is 2.84 bits per heavy atom. The molecule has 1 N–H and O–H groups in total. The number of pyridine rings is 1. The number of likely N-dealkylation sites (tertiary alicyclic amines) is 1. The van der Waals surface area contributed by atoms with E-state index in [0.717, 1.165) is 25.2 Å². The van der Waals surface area contributed by atoms with Crippen LogP contribution in [0.5, 0.6) is 5.75 Å². The summed E-state index contributed by atoms with van der Waals surface area (Å²) in [6, 6.07) is 4.53. The lowest BCUT2D eigenvalue weighted by atomic mass is 10.3. The molecule has 1 unspecified atom stereocenters. The Morgan fingerprint density at radius 2 is 2.26 bits per heavy atom. The zero-order valence-corrected chi connectivity index (χ0v) is 11.1. The minimum absolute atomic E-state index is 0.0551. The van der Waals surface area contributed by atoms with Gasteiger partial charge in [-0.25, -0.2) is 0 Å². The van der Waals surface area contributed by atoms with Crippen LogP contribution in [0.2, 0.25) is 0 Å². The highest BCUT2D eigenvalue weighted by Gasteiger charge is 2.30. The molecule has 1 aliphatic carbocycles. The van der Waals surface area contributed by atoms with Crippen LogP contribution in [0.4, 0.5) is 0 Å². The maximum atomic E-state index is 11.7. The lowest BCUT2D eigenvalue weighted by Gasteiger charge is -2.13. The van der Waals surface area contributed by atoms with Crippen molar-refractivity contribution >= 4 is 5.91 Å². The van der Waals surface area contributed by atoms with Crippen LogP contribution in [-0.2, 0) is 11.3 Å². The maximum absolute atomic E-state index is 11.7. The zero-order valence-electron chi connectivity index (χ0n) is 11.1. The van der Waals surface area contributed by atoms with Crippen LogP contribution in [0.1, 0.15) is 25.0 Å². The molecule has 0 aromatic carbocycles. The molecule has 1 aliphatic heterocycles. The fourth-order valence-electron chi connectivity index (χ4n) is 2.19. The highest BCUT2D eigenvalue weighted by molar-refractivity contribution is 5.83. The first-order valence-corrected chi connectivity index (χ1v) is 6.82. The smallest absolute Gasteiger partial charge is 0.263 e. The summed E-state index contributed by atoms with van der Waals surface area (Å²) < 4.78 is 5.68. The summed E-state index contributed by atoms with van der Waals surface area (Å²) in [6.45, 7) is 1.57. The first-order chi connectivity index (χ1) is 9.22. The molecule has 1 aromatic rings. The van der Waals surface area contributed by atoms with Gasteiger partial charge in [0.25, 0.3) is 5.91 Å². The molecule has 102 valence electrons. The van der Waals surface area contributed by atoms with E-state index in [1.165, 1.54) is 12.8 Å². The molecule has 3 rings (SSSR count). The molecule has 1 amide bonds. The van der Waals surface area contributed by atoms with Crippen LogP contribution in [-0.4, -0.2) is 41.5 Å². The molecular formula is C14H19N3O2. The Labute approximate surface area is 113 Å². The summed E-state index contributed by atoms with van der Waals surface area (Å²) in [6.07, 6.45) is 4.66. The predicted octanol–water partition coefficient (Wildman–Crippen LogP) is 0.943. The lowest BCUT2D eigenvalue weighted by molar-refractivity contribution is -0.132. The van der Waals surface area contributed by atoms with Gasteiger partial charge in [0.05, 0.1) is 11.9 Å². The third-order valence-corrected chi connectivity index (χ3v) is 3.60. The van der Waals surface area contributed by atoms with Gasteiger partial charge >= 0.3 is 0 Å². The van der Waals surface area contributed by atoms with Crippen molar-refractivity contribution < 1.29 is 9.53 Å². The number of carbonyl (C=O) groups is 1. The van der Waals surface area contributed by atoms with Gasteiger partial charge in [-0.05, 0) is 25.0 Å². The minimum atomic E-state index is -0.345. The Kier molecular flexibility index (Phi) is 3.38. The van der Waals surface area contributed by atoms with Gasteiger partial charge in [0.1, 0.15) is 5.75 Å². The van der Waals surface area contributed by atoms with E-state index in [4.69, 9.17) is 4.74 Å². The van der Waals surface area contributed by atoms with Crippen molar-refractivity contribution in [2.75, 3.05) is 13.6 Å². The monoisotopic (exact) mass is 261 g/mol. The van der Waals surface area contributed by atoms with Crippen molar-refractivity contribution in [3.05, 3.63) is 24.0 Å². The standard InChI is InChI=1S/C14H19N3O2/c1-17-7-6-13(14(17)18)19-12-5-4-11(16-9-12)8-15-10-2-3-10/h4-5,9-10,13,15H,2-3,6-8H2,1H3. The van der Waals surface area contributed by atoms with Gasteiger partial charge in [-0.1, -0.05) is 0 Å². The lowest BCUT2D eigenvalue weighted by Crippen LogP contribution is -2.29. The number of rotatable bonds is 5. The van der Waals surface area contributed by atoms with Gasteiger partial charge in [0.2, 0.25) is 0 Å². The van der Waals surface area contributed by atoms with Crippen LogP contribution < -0.4 is 10.1 Å². The van der Waals surface area contributed by atoms with Crippen molar-refractivity contribution in [1.29, 1.82) is 0 Å². The minimum Gasteiger partial charge on any atom is -0.479 e. The average molecular weight is 261 g/mol. The fourth-order valence-corrected chi connectivity index (χ4v) is 2.19. The topological polar surface area (TPSA) is 54.5 Å². The van der Waals surface area contributed by atoms with E-state index in [-0.39, 0.29) is 12.0 Å². The Bertz CT molecular complexity index is 456. The van der Waals surface area contributed by atoms with Crippen molar-refractivity contribution in [3.63, 3.8) is 0 Å². The fraction of sp³-hybridized carbons (Fsp3) is 0.571. The van der Waals surface area contributed by atoms with Crippen molar-refractivity contribution in [3.8, 4) is 5.75 Å². The number of nitrogens with zero attached hydrogens (tertiary/aromatic N) is 2. The molecule has 0 spiro atoms. The van der Waals surface area contributed by atoms with Gasteiger partial charge < -0.3 is 15.0 Å². The zero-order chi connectivity index (χ0) is 13.2. The molecule has 1 aromatic heterocycles. The molecule has 19 heavy (non-hydrogen) atoms. The molecule has 1 saturated carbocycles. The summed E-state index contributed by atoms with van der Waals surface area (Å²) in [5.41, 5.74) is 1.01. The highest BCUT2D eigenvalue weighted by Crippen LogP contribution is 2.20. The Morgan fingerprint density at radius 1 is 1.42 bits per heavy atom. The molecule has 1 saturated heterocycles. The molecule has 5 nitrogen and oxygen atoms in total. The molecule has 2 fully saturated rings. The van der Waals surface area contributed by atoms with Crippen molar-refractivity contribution in [2.24, 2.45) is 0 Å². The number of hydrogen-bond acceptors (Lipinski definition) is 4. The van der Waals surface area contributed by atoms with Crippen LogP contribution in [0, 0.1) is 0 Å². The van der Waals surface area contributed by atoms with E-state index in [9.17, 15) is 4.79 Å². The number of amides is 1. The van der Waals surface area contributed by atoms with Gasteiger partial charge in [-0.3, -0.25) is 9.78 Å². The average Bonchev–Trinajstić information content (AvgIpc) is 3.20. The molecule has 5 heteroatoms. The quantitative estimate of drug-likeness (QED) is 0.857. The normalized spacial score (nSPS) is 22.9. The third-order valence-electron chi connectivity index (χ3n) is 3.60. The number of aromatic nitrogens is 1. The summed E-state index contributed by atoms with van der Waals surface area (Å²) >= 11 is 0. The number of nitrogens with one attached hydrogen (secondary N) is 1. The van der Waals surface area contributed by atoms with Crippen molar-refractivity contribution in [2.45, 2.75) is 38.0 Å². The number of carbonyl (C=O) groups excluding carboxylic acids is 1. The summed E-state index contributed by atoms with van der Waals surface area (Å²) in [4.78, 5) is 17.8. The van der Waals surface area contributed by atoms with E-state index in [2.05, 4.69) is 10.3 Å². The Balaban J connectivity index is 1.54. The first-order valence-electron chi connectivity index (χ1n) is 6.82. The second-order valence-electron chi connectivity index (χ2n) is 5.30. The van der Waals surface area contributed by atoms with E-state index >= 15 is 0 Å². The summed E-state index contributed by atoms with van der Waals surface area (Å²) in [5.74, 6) is 0.725. The van der Waals surface area contributed by atoms with Crippen molar-refractivity contribution in [1.82, 2.24) is 15.2 Å². The van der Waals surface area contributed by atoms with E-state index in [1.54, 1.807) is 18.1 Å². The molecule has 2 heterocycles. The van der Waals surface area contributed by atoms with E-state index in [0.29, 0.717) is 11.8 Å². The van der Waals surface area contributed by atoms with Gasteiger partial charge in [-0.2, -0.15) is 0 Å². The predicted molar refractivity (Wildman–Crippen MR) is 70.8 cm³/mol. The second kappa shape index (κ2) is 5.17. The SMILES string of the molecule is CN1CCC(Oc2ccc(CNC3CC3)nc2)C1=O. The largest absolute Gasteiger partial charge is 0.479 e. The molecule has 0 bridgehead atoms. The van der Waals surface area contributed by atoms with Crippen LogP contribution in [0.25, 0.3) is 0 Å². The Hall–Kier alpha value is -1.62. The molecular weight excluding hydrogens is 242 g/mol. The molecule has 1 atom stereocenters. The van der Waals surface area contributed by atoms with Crippen LogP contribution >= 0.6 is 0 Å². The van der Waals surface area contributed by atoms with Gasteiger partial charge in [0.15, 0.2) is 6.10 Å². The maximum Gasteiger partial charge on any atom is 0.263 e. The van der Waals surface area contributed by atoms with Gasteiger partial charge in [0, 0.05) is 32.6 Å². The molecule has 2 aliphatic rings. The number of likely N-dealkylation sites (N-methyl/N-ethyl adjacent to an activating group) is 1. The van der Waals surface area contributed by atoms with Gasteiger partial charge in [-0.15, -0.1) is 0 Å². The van der Waals surface area contributed by atoms with Crippen LogP contribution in [0.15, 0.2) is 18.3 Å². The van der Waals surface area contributed by atoms with E-state index in [1.807, 2.05) is 12.1 Å². The third kappa shape index (κ3) is 3.04. The van der Waals surface area contributed by atoms with E-state index < -0.39 is 0 Å². The number of ether oxygens (including phenoxy) is 1. The molecule has 0 radical (unpaired) electrons. The highest BCUT2D eigenvalue weighted by atomic mass is 16.5. The van der Waals surface area contributed by atoms with Crippen LogP contribution in [0.3, 0.4) is 0 Å².